The summed E-state index contributed by atoms with van der Waals surface area (Å²) < 4.78 is 1.07. The molecule has 0 saturated carbocycles. The van der Waals surface area contributed by atoms with Gasteiger partial charge in [-0.15, -0.1) is 0 Å². The van der Waals surface area contributed by atoms with Gasteiger partial charge >= 0.3 is 0 Å². The maximum Gasteiger partial charge on any atom is 0.128 e. The van der Waals surface area contributed by atoms with Crippen molar-refractivity contribution in [3.63, 3.8) is 0 Å². The second-order valence-electron chi connectivity index (χ2n) is 3.66. The van der Waals surface area contributed by atoms with E-state index in [0.717, 1.165) is 16.7 Å². The number of rotatable bonds is 3. The quantitative estimate of drug-likeness (QED) is 0.825. The van der Waals surface area contributed by atoms with Gasteiger partial charge in [0, 0.05) is 23.8 Å². The van der Waals surface area contributed by atoms with E-state index in [1.54, 1.807) is 0 Å². The first-order valence-electron chi connectivity index (χ1n) is 4.91. The fraction of sp³-hybridized carbons (Fsp3) is 0.545. The van der Waals surface area contributed by atoms with Crippen LogP contribution in [0.4, 0.5) is 5.82 Å². The van der Waals surface area contributed by atoms with Crippen molar-refractivity contribution >= 4 is 21.7 Å². The largest absolute Gasteiger partial charge is 0.357 e. The fourth-order valence-corrected chi connectivity index (χ4v) is 1.43. The van der Waals surface area contributed by atoms with Crippen LogP contribution in [0.25, 0.3) is 0 Å². The van der Waals surface area contributed by atoms with Crippen LogP contribution in [0, 0.1) is 6.92 Å². The van der Waals surface area contributed by atoms with Crippen LogP contribution in [0.1, 0.15) is 25.8 Å². The van der Waals surface area contributed by atoms with Gasteiger partial charge in [0.05, 0.1) is 0 Å². The highest BCUT2D eigenvalue weighted by Gasteiger charge is 2.09. The van der Waals surface area contributed by atoms with Gasteiger partial charge in [-0.25, -0.2) is 4.98 Å². The van der Waals surface area contributed by atoms with Gasteiger partial charge in [-0.1, -0.05) is 6.92 Å². The highest BCUT2D eigenvalue weighted by Crippen LogP contribution is 2.20. The maximum atomic E-state index is 4.39. The molecule has 0 bridgehead atoms. The summed E-state index contributed by atoms with van der Waals surface area (Å²) in [6, 6.07) is 2.64. The molecular weight excluding hydrogens is 240 g/mol. The minimum Gasteiger partial charge on any atom is -0.357 e. The van der Waals surface area contributed by atoms with Crippen molar-refractivity contribution in [2.24, 2.45) is 0 Å². The number of hydrogen-bond donors (Lipinski definition) is 0. The molecule has 1 aromatic rings. The van der Waals surface area contributed by atoms with Crippen LogP contribution in [0.15, 0.2) is 16.7 Å². The number of anilines is 1. The maximum absolute atomic E-state index is 4.39. The summed E-state index contributed by atoms with van der Waals surface area (Å²) in [6.45, 7) is 6.48. The summed E-state index contributed by atoms with van der Waals surface area (Å²) >= 11 is 3.45. The Kier molecular flexibility index (Phi) is 3.93. The molecule has 1 heterocycles. The van der Waals surface area contributed by atoms with E-state index < -0.39 is 0 Å². The van der Waals surface area contributed by atoms with E-state index in [-0.39, 0.29) is 0 Å². The van der Waals surface area contributed by atoms with Crippen molar-refractivity contribution in [3.8, 4) is 0 Å². The second-order valence-corrected chi connectivity index (χ2v) is 4.51. The fourth-order valence-electron chi connectivity index (χ4n) is 1.22. The predicted molar refractivity (Wildman–Crippen MR) is 64.8 cm³/mol. The molecule has 0 aliphatic carbocycles. The Morgan fingerprint density at radius 2 is 2.21 bits per heavy atom. The van der Waals surface area contributed by atoms with Gasteiger partial charge in [-0.3, -0.25) is 0 Å². The van der Waals surface area contributed by atoms with Crippen LogP contribution < -0.4 is 4.90 Å². The number of pyridine rings is 1. The van der Waals surface area contributed by atoms with Crippen LogP contribution in [-0.4, -0.2) is 18.1 Å². The van der Waals surface area contributed by atoms with E-state index in [0.29, 0.717) is 6.04 Å². The second kappa shape index (κ2) is 4.78. The minimum absolute atomic E-state index is 0.531. The summed E-state index contributed by atoms with van der Waals surface area (Å²) in [6.07, 6.45) is 3.00. The SMILES string of the molecule is CCC(C)N(C)c1cc(C)c(Br)cn1. The molecular formula is C11H17BrN2. The molecule has 1 rings (SSSR count). The van der Waals surface area contributed by atoms with Gasteiger partial charge in [0.1, 0.15) is 5.82 Å². The number of halogens is 1. The third-order valence-corrected chi connectivity index (χ3v) is 3.48. The Morgan fingerprint density at radius 3 is 2.71 bits per heavy atom. The van der Waals surface area contributed by atoms with E-state index in [2.05, 4.69) is 59.7 Å². The number of nitrogens with zero attached hydrogens (tertiary/aromatic N) is 2. The molecule has 0 radical (unpaired) electrons. The number of aryl methyl sites for hydroxylation is 1. The van der Waals surface area contributed by atoms with E-state index in [9.17, 15) is 0 Å². The molecule has 0 aromatic carbocycles. The lowest BCUT2D eigenvalue weighted by Gasteiger charge is -2.25. The number of aromatic nitrogens is 1. The Balaban J connectivity index is 2.91. The van der Waals surface area contributed by atoms with Crippen molar-refractivity contribution in [1.29, 1.82) is 0 Å². The van der Waals surface area contributed by atoms with Crippen LogP contribution in [0.3, 0.4) is 0 Å². The average Bonchev–Trinajstić information content (AvgIpc) is 2.20. The Bertz CT molecular complexity index is 312. The first-order chi connectivity index (χ1) is 6.56. The zero-order chi connectivity index (χ0) is 10.7. The van der Waals surface area contributed by atoms with Crippen molar-refractivity contribution in [2.45, 2.75) is 33.2 Å². The molecule has 0 aliphatic heterocycles. The van der Waals surface area contributed by atoms with Gasteiger partial charge in [0.2, 0.25) is 0 Å². The summed E-state index contributed by atoms with van der Waals surface area (Å²) in [7, 11) is 2.09. The van der Waals surface area contributed by atoms with Crippen molar-refractivity contribution < 1.29 is 0 Å². The predicted octanol–water partition coefficient (Wildman–Crippen LogP) is 3.39. The third kappa shape index (κ3) is 2.47. The summed E-state index contributed by atoms with van der Waals surface area (Å²) in [5.74, 6) is 1.04. The molecule has 78 valence electrons. The van der Waals surface area contributed by atoms with Gasteiger partial charge in [0.25, 0.3) is 0 Å². The van der Waals surface area contributed by atoms with Crippen LogP contribution >= 0.6 is 15.9 Å². The van der Waals surface area contributed by atoms with Crippen molar-refractivity contribution in [2.75, 3.05) is 11.9 Å². The molecule has 1 aromatic heterocycles. The molecule has 2 nitrogen and oxygen atoms in total. The molecule has 14 heavy (non-hydrogen) atoms. The average molecular weight is 257 g/mol. The highest BCUT2D eigenvalue weighted by molar-refractivity contribution is 9.10. The minimum atomic E-state index is 0.531. The topological polar surface area (TPSA) is 16.1 Å². The lowest BCUT2D eigenvalue weighted by molar-refractivity contribution is 0.656. The number of hydrogen-bond acceptors (Lipinski definition) is 2. The van der Waals surface area contributed by atoms with Crippen LogP contribution in [-0.2, 0) is 0 Å². The Labute approximate surface area is 94.5 Å². The molecule has 0 saturated heterocycles. The van der Waals surface area contributed by atoms with Gasteiger partial charge < -0.3 is 4.90 Å². The third-order valence-electron chi connectivity index (χ3n) is 2.65. The Morgan fingerprint density at radius 1 is 1.57 bits per heavy atom. The lowest BCUT2D eigenvalue weighted by atomic mass is 10.2. The normalized spacial score (nSPS) is 12.6. The molecule has 1 unspecified atom stereocenters. The van der Waals surface area contributed by atoms with Crippen LogP contribution in [0.5, 0.6) is 0 Å². The molecule has 0 N–H and O–H groups in total. The van der Waals surface area contributed by atoms with Gasteiger partial charge in [-0.2, -0.15) is 0 Å². The highest BCUT2D eigenvalue weighted by atomic mass is 79.9. The van der Waals surface area contributed by atoms with Gasteiger partial charge in [-0.05, 0) is 47.8 Å². The van der Waals surface area contributed by atoms with Crippen LogP contribution in [0.2, 0.25) is 0 Å². The van der Waals surface area contributed by atoms with Crippen molar-refractivity contribution in [1.82, 2.24) is 4.98 Å². The molecule has 0 fully saturated rings. The summed E-state index contributed by atoms with van der Waals surface area (Å²) in [4.78, 5) is 6.59. The smallest absolute Gasteiger partial charge is 0.128 e. The zero-order valence-electron chi connectivity index (χ0n) is 9.21. The zero-order valence-corrected chi connectivity index (χ0v) is 10.8. The molecule has 3 heteroatoms. The van der Waals surface area contributed by atoms with Crippen molar-refractivity contribution in [3.05, 3.63) is 22.3 Å². The molecule has 0 spiro atoms. The van der Waals surface area contributed by atoms with Gasteiger partial charge in [0.15, 0.2) is 0 Å². The van der Waals surface area contributed by atoms with E-state index >= 15 is 0 Å². The first kappa shape index (κ1) is 11.5. The van der Waals surface area contributed by atoms with E-state index in [1.165, 1.54) is 5.56 Å². The molecule has 0 amide bonds. The molecule has 1 atom stereocenters. The standard InChI is InChI=1S/C11H17BrN2/c1-5-9(3)14(4)11-6-8(2)10(12)7-13-11/h6-7,9H,5H2,1-4H3. The van der Waals surface area contributed by atoms with E-state index in [1.807, 2.05) is 6.20 Å². The lowest BCUT2D eigenvalue weighted by Crippen LogP contribution is -2.28. The summed E-state index contributed by atoms with van der Waals surface area (Å²) in [5.41, 5.74) is 1.23. The summed E-state index contributed by atoms with van der Waals surface area (Å²) in [5, 5.41) is 0. The van der Waals surface area contributed by atoms with E-state index in [4.69, 9.17) is 0 Å². The monoisotopic (exact) mass is 256 g/mol. The first-order valence-corrected chi connectivity index (χ1v) is 5.70. The molecule has 0 aliphatic rings. The Hall–Kier alpha value is -0.570.